The van der Waals surface area contributed by atoms with E-state index in [-0.39, 0.29) is 40.9 Å². The Balaban J connectivity index is 1.63. The van der Waals surface area contributed by atoms with Gasteiger partial charge in [0, 0.05) is 5.02 Å². The molecule has 0 fully saturated rings. The SMILES string of the molecule is O=C(Cc1ccccc1)NCC(=O)Nc1cc(S(=O)(=O)Nc2cccc(Cl)c2)ccc1O. The maximum atomic E-state index is 12.6. The Morgan fingerprint density at radius 2 is 1.66 bits per heavy atom. The Kier molecular flexibility index (Phi) is 7.34. The summed E-state index contributed by atoms with van der Waals surface area (Å²) in [4.78, 5) is 24.0. The van der Waals surface area contributed by atoms with E-state index in [0.29, 0.717) is 5.02 Å². The van der Waals surface area contributed by atoms with Crippen LogP contribution in [0, 0.1) is 0 Å². The average molecular weight is 474 g/mol. The lowest BCUT2D eigenvalue weighted by molar-refractivity contribution is -0.123. The zero-order chi connectivity index (χ0) is 23.1. The van der Waals surface area contributed by atoms with Gasteiger partial charge in [-0.3, -0.25) is 14.3 Å². The number of phenols is 1. The van der Waals surface area contributed by atoms with Gasteiger partial charge in [-0.25, -0.2) is 8.42 Å². The van der Waals surface area contributed by atoms with Crippen molar-refractivity contribution in [3.8, 4) is 5.75 Å². The topological polar surface area (TPSA) is 125 Å². The van der Waals surface area contributed by atoms with Crippen molar-refractivity contribution in [2.75, 3.05) is 16.6 Å². The molecule has 3 aromatic carbocycles. The number of nitrogens with one attached hydrogen (secondary N) is 3. The summed E-state index contributed by atoms with van der Waals surface area (Å²) in [7, 11) is -4.01. The smallest absolute Gasteiger partial charge is 0.261 e. The molecule has 0 saturated carbocycles. The molecule has 0 atom stereocenters. The third-order valence-corrected chi connectivity index (χ3v) is 5.90. The van der Waals surface area contributed by atoms with Crippen LogP contribution >= 0.6 is 11.6 Å². The summed E-state index contributed by atoms with van der Waals surface area (Å²) in [5, 5.41) is 15.2. The van der Waals surface area contributed by atoms with Crippen molar-refractivity contribution >= 4 is 44.8 Å². The molecular formula is C22H20ClN3O5S. The number of phenolic OH excluding ortho intramolecular Hbond substituents is 1. The van der Waals surface area contributed by atoms with Gasteiger partial charge in [0.1, 0.15) is 5.75 Å². The zero-order valence-corrected chi connectivity index (χ0v) is 18.3. The molecule has 0 aliphatic heterocycles. The number of halogens is 1. The minimum atomic E-state index is -4.01. The first-order valence-corrected chi connectivity index (χ1v) is 11.3. The Bertz CT molecular complexity index is 1230. The van der Waals surface area contributed by atoms with E-state index in [1.807, 2.05) is 6.07 Å². The molecule has 0 unspecified atom stereocenters. The normalized spacial score (nSPS) is 10.9. The molecule has 8 nitrogen and oxygen atoms in total. The Morgan fingerprint density at radius 1 is 0.906 bits per heavy atom. The van der Waals surface area contributed by atoms with E-state index >= 15 is 0 Å². The molecular weight excluding hydrogens is 454 g/mol. The second-order valence-electron chi connectivity index (χ2n) is 6.78. The molecule has 0 heterocycles. The number of sulfonamides is 1. The highest BCUT2D eigenvalue weighted by atomic mass is 35.5. The summed E-state index contributed by atoms with van der Waals surface area (Å²) in [6.45, 7) is -0.344. The molecule has 10 heteroatoms. The largest absolute Gasteiger partial charge is 0.506 e. The Labute approximate surface area is 190 Å². The lowest BCUT2D eigenvalue weighted by Gasteiger charge is -2.12. The fourth-order valence-electron chi connectivity index (χ4n) is 2.77. The first kappa shape index (κ1) is 23.1. The van der Waals surface area contributed by atoms with Gasteiger partial charge >= 0.3 is 0 Å². The van der Waals surface area contributed by atoms with Crippen molar-refractivity contribution < 1.29 is 23.1 Å². The van der Waals surface area contributed by atoms with Crippen molar-refractivity contribution in [1.29, 1.82) is 0 Å². The maximum Gasteiger partial charge on any atom is 0.261 e. The van der Waals surface area contributed by atoms with Crippen LogP contribution in [-0.2, 0) is 26.0 Å². The van der Waals surface area contributed by atoms with Gasteiger partial charge in [0.25, 0.3) is 10.0 Å². The first-order chi connectivity index (χ1) is 15.2. The minimum Gasteiger partial charge on any atom is -0.506 e. The van der Waals surface area contributed by atoms with E-state index in [4.69, 9.17) is 11.6 Å². The van der Waals surface area contributed by atoms with E-state index in [9.17, 15) is 23.1 Å². The van der Waals surface area contributed by atoms with Gasteiger partial charge in [0.15, 0.2) is 0 Å². The van der Waals surface area contributed by atoms with Gasteiger partial charge in [-0.05, 0) is 42.0 Å². The molecule has 3 aromatic rings. The molecule has 32 heavy (non-hydrogen) atoms. The van der Waals surface area contributed by atoms with Gasteiger partial charge in [0.2, 0.25) is 11.8 Å². The molecule has 2 amide bonds. The predicted octanol–water partition coefficient (Wildman–Crippen LogP) is 3.14. The van der Waals surface area contributed by atoms with E-state index in [0.717, 1.165) is 17.7 Å². The number of hydrogen-bond donors (Lipinski definition) is 4. The summed E-state index contributed by atoms with van der Waals surface area (Å²) < 4.78 is 27.7. The maximum absolute atomic E-state index is 12.6. The number of carbonyl (C=O) groups excluding carboxylic acids is 2. The second-order valence-corrected chi connectivity index (χ2v) is 8.90. The van der Waals surface area contributed by atoms with Crippen molar-refractivity contribution in [2.24, 2.45) is 0 Å². The average Bonchev–Trinajstić information content (AvgIpc) is 2.74. The fourth-order valence-corrected chi connectivity index (χ4v) is 4.03. The first-order valence-electron chi connectivity index (χ1n) is 9.45. The van der Waals surface area contributed by atoms with Gasteiger partial charge < -0.3 is 15.7 Å². The molecule has 0 radical (unpaired) electrons. The van der Waals surface area contributed by atoms with Gasteiger partial charge in [-0.2, -0.15) is 0 Å². The van der Waals surface area contributed by atoms with E-state index in [1.54, 1.807) is 36.4 Å². The summed E-state index contributed by atoms with van der Waals surface area (Å²) in [6.07, 6.45) is 0.113. The van der Waals surface area contributed by atoms with Crippen LogP contribution in [0.4, 0.5) is 11.4 Å². The predicted molar refractivity (Wildman–Crippen MR) is 122 cm³/mol. The van der Waals surface area contributed by atoms with E-state index in [1.165, 1.54) is 18.2 Å². The van der Waals surface area contributed by atoms with Gasteiger partial charge in [-0.1, -0.05) is 48.0 Å². The van der Waals surface area contributed by atoms with Gasteiger partial charge in [-0.15, -0.1) is 0 Å². The molecule has 0 spiro atoms. The molecule has 4 N–H and O–H groups in total. The number of anilines is 2. The van der Waals surface area contributed by atoms with Crippen LogP contribution in [0.5, 0.6) is 5.75 Å². The number of amides is 2. The van der Waals surface area contributed by atoms with Crippen LogP contribution in [-0.4, -0.2) is 31.9 Å². The van der Waals surface area contributed by atoms with E-state index < -0.39 is 15.9 Å². The molecule has 0 aliphatic rings. The molecule has 0 saturated heterocycles. The lowest BCUT2D eigenvalue weighted by atomic mass is 10.1. The highest BCUT2D eigenvalue weighted by Gasteiger charge is 2.18. The quantitative estimate of drug-likeness (QED) is 0.374. The molecule has 0 bridgehead atoms. The molecule has 0 aliphatic carbocycles. The second kappa shape index (κ2) is 10.2. The van der Waals surface area contributed by atoms with Crippen molar-refractivity contribution in [1.82, 2.24) is 5.32 Å². The van der Waals surface area contributed by atoms with Crippen LogP contribution in [0.2, 0.25) is 5.02 Å². The summed E-state index contributed by atoms with van der Waals surface area (Å²) in [6, 6.07) is 18.7. The molecule has 0 aromatic heterocycles. The van der Waals surface area contributed by atoms with Crippen molar-refractivity contribution in [3.63, 3.8) is 0 Å². The molecule has 166 valence electrons. The van der Waals surface area contributed by atoms with Crippen LogP contribution in [0.1, 0.15) is 5.56 Å². The van der Waals surface area contributed by atoms with Crippen molar-refractivity contribution in [2.45, 2.75) is 11.3 Å². The third-order valence-electron chi connectivity index (χ3n) is 4.28. The van der Waals surface area contributed by atoms with Crippen LogP contribution < -0.4 is 15.4 Å². The summed E-state index contributed by atoms with van der Waals surface area (Å²) in [5.41, 5.74) is 0.951. The summed E-state index contributed by atoms with van der Waals surface area (Å²) in [5.74, 6) is -1.30. The lowest BCUT2D eigenvalue weighted by Crippen LogP contribution is -2.33. The monoisotopic (exact) mass is 473 g/mol. The minimum absolute atomic E-state index is 0.110. The third kappa shape index (κ3) is 6.47. The number of rotatable bonds is 8. The number of benzene rings is 3. The Hall–Kier alpha value is -3.56. The number of hydrogen-bond acceptors (Lipinski definition) is 5. The van der Waals surface area contributed by atoms with E-state index in [2.05, 4.69) is 15.4 Å². The number of aromatic hydroxyl groups is 1. The van der Waals surface area contributed by atoms with Crippen LogP contribution in [0.25, 0.3) is 0 Å². The molecule has 3 rings (SSSR count). The van der Waals surface area contributed by atoms with Crippen molar-refractivity contribution in [3.05, 3.63) is 83.4 Å². The number of carbonyl (C=O) groups is 2. The standard InChI is InChI=1S/C22H20ClN3O5S/c23-16-7-4-8-17(12-16)26-32(30,31)18-9-10-20(27)19(13-18)25-22(29)14-24-21(28)11-15-5-2-1-3-6-15/h1-10,12-13,26-27H,11,14H2,(H,24,28)(H,25,29). The highest BCUT2D eigenvalue weighted by molar-refractivity contribution is 7.92. The van der Waals surface area contributed by atoms with Crippen LogP contribution in [0.3, 0.4) is 0 Å². The van der Waals surface area contributed by atoms with Crippen LogP contribution in [0.15, 0.2) is 77.7 Å². The summed E-state index contributed by atoms with van der Waals surface area (Å²) >= 11 is 5.87. The highest BCUT2D eigenvalue weighted by Crippen LogP contribution is 2.28. The van der Waals surface area contributed by atoms with Gasteiger partial charge in [0.05, 0.1) is 29.2 Å². The zero-order valence-electron chi connectivity index (χ0n) is 16.7. The fraction of sp³-hybridized carbons (Fsp3) is 0.0909. The Morgan fingerprint density at radius 3 is 2.38 bits per heavy atom.